The maximum Gasteiger partial charge on any atom is 0.311 e. The topological polar surface area (TPSA) is 78.4 Å². The molecule has 0 spiro atoms. The Balaban J connectivity index is 2.18. The van der Waals surface area contributed by atoms with Gasteiger partial charge in [-0.15, -0.1) is 0 Å². The summed E-state index contributed by atoms with van der Waals surface area (Å²) < 4.78 is 5.54. The minimum Gasteiger partial charge on any atom is -0.482 e. The van der Waals surface area contributed by atoms with E-state index < -0.39 is 4.92 Å². The maximum atomic E-state index is 11.1. The first kappa shape index (κ1) is 14.9. The van der Waals surface area contributed by atoms with E-state index in [9.17, 15) is 10.1 Å². The van der Waals surface area contributed by atoms with Crippen molar-refractivity contribution in [1.29, 1.82) is 0 Å². The molecule has 0 saturated carbocycles. The van der Waals surface area contributed by atoms with Gasteiger partial charge in [-0.1, -0.05) is 48.6 Å². The van der Waals surface area contributed by atoms with Gasteiger partial charge < -0.3 is 10.5 Å². The molecule has 21 heavy (non-hydrogen) atoms. The van der Waals surface area contributed by atoms with E-state index in [1.165, 1.54) is 6.07 Å². The molecule has 0 aliphatic rings. The van der Waals surface area contributed by atoms with Crippen molar-refractivity contribution in [1.82, 2.24) is 0 Å². The van der Waals surface area contributed by atoms with Gasteiger partial charge >= 0.3 is 5.69 Å². The Kier molecular flexibility index (Phi) is 4.84. The molecule has 5 nitrogen and oxygen atoms in total. The molecule has 0 radical (unpaired) electrons. The monoisotopic (exact) mass is 302 g/mol. The lowest BCUT2D eigenvalue weighted by atomic mass is 10.1. The summed E-state index contributed by atoms with van der Waals surface area (Å²) in [5.74, 6) is 0.232. The molecule has 0 bridgehead atoms. The highest BCUT2D eigenvalue weighted by atomic mass is 32.1. The number of nitro groups is 1. The zero-order valence-corrected chi connectivity index (χ0v) is 12.0. The number of benzene rings is 2. The summed E-state index contributed by atoms with van der Waals surface area (Å²) in [5.41, 5.74) is 7.01. The third kappa shape index (κ3) is 4.25. The zero-order valence-electron chi connectivity index (χ0n) is 11.2. The molecule has 0 unspecified atom stereocenters. The number of hydrogen-bond donors (Lipinski definition) is 1. The molecule has 0 aromatic heterocycles. The van der Waals surface area contributed by atoms with Gasteiger partial charge in [0.05, 0.1) is 9.91 Å². The van der Waals surface area contributed by atoms with Gasteiger partial charge in [0.15, 0.2) is 5.75 Å². The molecule has 0 amide bonds. The quantitative estimate of drug-likeness (QED) is 0.504. The van der Waals surface area contributed by atoms with Crippen molar-refractivity contribution in [3.05, 3.63) is 69.8 Å². The number of nitrogens with two attached hydrogens (primary N) is 1. The number of rotatable bonds is 6. The molecule has 6 heteroatoms. The van der Waals surface area contributed by atoms with Crippen LogP contribution in [0.5, 0.6) is 5.75 Å². The highest BCUT2D eigenvalue weighted by Crippen LogP contribution is 2.29. The van der Waals surface area contributed by atoms with Gasteiger partial charge in [0.2, 0.25) is 0 Å². The fourth-order valence-electron chi connectivity index (χ4n) is 1.87. The van der Waals surface area contributed by atoms with Crippen molar-refractivity contribution in [2.24, 2.45) is 5.73 Å². The zero-order chi connectivity index (χ0) is 15.2. The van der Waals surface area contributed by atoms with Crippen LogP contribution in [0.3, 0.4) is 0 Å². The minimum atomic E-state index is -0.469. The van der Waals surface area contributed by atoms with Crippen LogP contribution in [0.4, 0.5) is 5.69 Å². The van der Waals surface area contributed by atoms with E-state index in [1.807, 2.05) is 30.3 Å². The van der Waals surface area contributed by atoms with E-state index in [1.54, 1.807) is 12.1 Å². The summed E-state index contributed by atoms with van der Waals surface area (Å²) in [6.07, 6.45) is 0.329. The molecule has 108 valence electrons. The fraction of sp³-hybridized carbons (Fsp3) is 0.133. The van der Waals surface area contributed by atoms with Crippen molar-refractivity contribution in [2.75, 3.05) is 0 Å². The molecule has 0 aliphatic heterocycles. The predicted molar refractivity (Wildman–Crippen MR) is 84.4 cm³/mol. The average molecular weight is 302 g/mol. The van der Waals surface area contributed by atoms with Crippen LogP contribution < -0.4 is 10.5 Å². The van der Waals surface area contributed by atoms with Gasteiger partial charge in [-0.2, -0.15) is 0 Å². The molecular formula is C15H14N2O3S. The van der Waals surface area contributed by atoms with Crippen LogP contribution in [0.1, 0.15) is 11.1 Å². The molecule has 0 fully saturated rings. The van der Waals surface area contributed by atoms with Gasteiger partial charge in [-0.3, -0.25) is 10.1 Å². The van der Waals surface area contributed by atoms with Crippen LogP contribution in [0.15, 0.2) is 48.5 Å². The number of nitrogens with zero attached hydrogens (tertiary/aromatic N) is 1. The van der Waals surface area contributed by atoms with Crippen molar-refractivity contribution in [3.63, 3.8) is 0 Å². The lowest BCUT2D eigenvalue weighted by molar-refractivity contribution is -0.386. The van der Waals surface area contributed by atoms with E-state index in [2.05, 4.69) is 0 Å². The Morgan fingerprint density at radius 3 is 2.52 bits per heavy atom. The van der Waals surface area contributed by atoms with Gasteiger partial charge in [0.25, 0.3) is 0 Å². The largest absolute Gasteiger partial charge is 0.482 e. The highest BCUT2D eigenvalue weighted by Gasteiger charge is 2.16. The summed E-state index contributed by atoms with van der Waals surface area (Å²) in [5, 5.41) is 11.1. The number of hydrogen-bond acceptors (Lipinski definition) is 4. The lowest BCUT2D eigenvalue weighted by Gasteiger charge is -2.08. The Labute approximate surface area is 127 Å². The molecule has 0 atom stereocenters. The molecule has 0 aliphatic carbocycles. The van der Waals surface area contributed by atoms with Crippen LogP contribution in [-0.2, 0) is 13.0 Å². The van der Waals surface area contributed by atoms with Gasteiger partial charge in [0, 0.05) is 12.5 Å². The van der Waals surface area contributed by atoms with Crippen molar-refractivity contribution in [2.45, 2.75) is 13.0 Å². The third-order valence-electron chi connectivity index (χ3n) is 2.84. The van der Waals surface area contributed by atoms with E-state index in [-0.39, 0.29) is 18.0 Å². The van der Waals surface area contributed by atoms with Crippen molar-refractivity contribution < 1.29 is 9.66 Å². The standard InChI is InChI=1S/C15H14N2O3S/c16-15(21)9-12-6-7-14(13(8-12)17(18)19)20-10-11-4-2-1-3-5-11/h1-8H,9-10H2,(H2,16,21). The van der Waals surface area contributed by atoms with Crippen molar-refractivity contribution >= 4 is 22.9 Å². The van der Waals surface area contributed by atoms with E-state index in [0.29, 0.717) is 17.0 Å². The average Bonchev–Trinajstić information content (AvgIpc) is 2.46. The van der Waals surface area contributed by atoms with Gasteiger partial charge in [0.1, 0.15) is 6.61 Å². The van der Waals surface area contributed by atoms with Crippen LogP contribution in [0.2, 0.25) is 0 Å². The maximum absolute atomic E-state index is 11.1. The smallest absolute Gasteiger partial charge is 0.311 e. The highest BCUT2D eigenvalue weighted by molar-refractivity contribution is 7.80. The first-order valence-corrected chi connectivity index (χ1v) is 6.69. The van der Waals surface area contributed by atoms with Crippen molar-refractivity contribution in [3.8, 4) is 5.75 Å². The Morgan fingerprint density at radius 1 is 1.19 bits per heavy atom. The number of ether oxygens (including phenoxy) is 1. The molecule has 0 saturated heterocycles. The summed E-state index contributed by atoms with van der Waals surface area (Å²) >= 11 is 4.81. The molecule has 2 aromatic carbocycles. The fourth-order valence-corrected chi connectivity index (χ4v) is 2.04. The Morgan fingerprint density at radius 2 is 1.90 bits per heavy atom. The first-order valence-electron chi connectivity index (χ1n) is 6.28. The SMILES string of the molecule is NC(=S)Cc1ccc(OCc2ccccc2)c([N+](=O)[O-])c1. The lowest BCUT2D eigenvalue weighted by Crippen LogP contribution is -2.11. The Hall–Kier alpha value is -2.47. The van der Waals surface area contributed by atoms with E-state index >= 15 is 0 Å². The van der Waals surface area contributed by atoms with E-state index in [0.717, 1.165) is 5.56 Å². The second kappa shape index (κ2) is 6.81. The number of nitro benzene ring substituents is 1. The minimum absolute atomic E-state index is 0.0836. The van der Waals surface area contributed by atoms with Gasteiger partial charge in [-0.25, -0.2) is 0 Å². The summed E-state index contributed by atoms with van der Waals surface area (Å²) in [4.78, 5) is 11.0. The second-order valence-corrected chi connectivity index (χ2v) is 5.00. The summed E-state index contributed by atoms with van der Waals surface area (Å²) in [6.45, 7) is 0.274. The van der Waals surface area contributed by atoms with Crippen LogP contribution >= 0.6 is 12.2 Å². The second-order valence-electron chi connectivity index (χ2n) is 4.48. The molecule has 0 heterocycles. The third-order valence-corrected chi connectivity index (χ3v) is 2.98. The van der Waals surface area contributed by atoms with Crippen LogP contribution in [-0.4, -0.2) is 9.91 Å². The van der Waals surface area contributed by atoms with Crippen LogP contribution in [0.25, 0.3) is 0 Å². The molecule has 2 rings (SSSR count). The van der Waals surface area contributed by atoms with Gasteiger partial charge in [-0.05, 0) is 17.2 Å². The van der Waals surface area contributed by atoms with E-state index in [4.69, 9.17) is 22.7 Å². The molecular weight excluding hydrogens is 288 g/mol. The number of thiocarbonyl (C=S) groups is 1. The molecule has 2 N–H and O–H groups in total. The summed E-state index contributed by atoms with van der Waals surface area (Å²) in [6, 6.07) is 14.2. The first-order chi connectivity index (χ1) is 10.1. The predicted octanol–water partition coefficient (Wildman–Crippen LogP) is 3.00. The van der Waals surface area contributed by atoms with Crippen LogP contribution in [0, 0.1) is 10.1 Å². The molecule has 2 aromatic rings. The summed E-state index contributed by atoms with van der Waals surface area (Å²) in [7, 11) is 0. The normalized spacial score (nSPS) is 10.1. The Bertz CT molecular complexity index is 659.